The van der Waals surface area contributed by atoms with E-state index in [1.807, 2.05) is 0 Å². The van der Waals surface area contributed by atoms with Gasteiger partial charge in [0.05, 0.1) is 10.7 Å². The number of nitrogens with zero attached hydrogens (tertiary/aromatic N) is 2. The molecule has 1 N–H and O–H groups in total. The normalized spacial score (nSPS) is 15.0. The number of thiazole rings is 1. The first-order chi connectivity index (χ1) is 7.29. The van der Waals surface area contributed by atoms with Gasteiger partial charge in [0.2, 0.25) is 0 Å². The van der Waals surface area contributed by atoms with Crippen LogP contribution in [-0.2, 0) is 13.0 Å². The monoisotopic (exact) mass is 297 g/mol. The molecule has 0 amide bonds. The SMILES string of the molecule is CCCc1nc(CN(C)C2CNC2)cs1.Cl.Cl. The molecule has 1 saturated heterocycles. The van der Waals surface area contributed by atoms with E-state index in [0.29, 0.717) is 6.04 Å². The Balaban J connectivity index is 0.00000128. The van der Waals surface area contributed by atoms with Crippen LogP contribution < -0.4 is 5.32 Å². The van der Waals surface area contributed by atoms with Crippen molar-refractivity contribution in [1.29, 1.82) is 0 Å². The van der Waals surface area contributed by atoms with Crippen molar-refractivity contribution in [3.8, 4) is 0 Å². The predicted molar refractivity (Wildman–Crippen MR) is 78.7 cm³/mol. The molecule has 1 aromatic heterocycles. The molecular weight excluding hydrogens is 277 g/mol. The maximum atomic E-state index is 4.64. The molecule has 3 nitrogen and oxygen atoms in total. The lowest BCUT2D eigenvalue weighted by atomic mass is 10.1. The molecule has 2 rings (SSSR count). The third-order valence-electron chi connectivity index (χ3n) is 2.86. The first-order valence-electron chi connectivity index (χ1n) is 5.64. The summed E-state index contributed by atoms with van der Waals surface area (Å²) in [6.45, 7) is 5.45. The van der Waals surface area contributed by atoms with Gasteiger partial charge < -0.3 is 5.32 Å². The molecule has 0 aliphatic carbocycles. The Morgan fingerprint density at radius 3 is 2.71 bits per heavy atom. The standard InChI is InChI=1S/C11H19N3S.2ClH/c1-3-4-11-13-9(8-15-11)7-14(2)10-5-12-6-10;;/h8,10,12H,3-7H2,1-2H3;2*1H. The fourth-order valence-electron chi connectivity index (χ4n) is 1.72. The molecule has 1 aliphatic rings. The number of rotatable bonds is 5. The van der Waals surface area contributed by atoms with Gasteiger partial charge in [-0.1, -0.05) is 6.92 Å². The van der Waals surface area contributed by atoms with Gasteiger partial charge in [-0.15, -0.1) is 36.2 Å². The Kier molecular flexibility index (Phi) is 8.33. The molecule has 100 valence electrons. The predicted octanol–water partition coefficient (Wildman–Crippen LogP) is 2.34. The van der Waals surface area contributed by atoms with Crippen LogP contribution in [0.25, 0.3) is 0 Å². The van der Waals surface area contributed by atoms with E-state index in [1.54, 1.807) is 11.3 Å². The van der Waals surface area contributed by atoms with Crippen molar-refractivity contribution in [3.05, 3.63) is 16.1 Å². The Morgan fingerprint density at radius 1 is 1.47 bits per heavy atom. The second kappa shape index (κ2) is 8.27. The second-order valence-electron chi connectivity index (χ2n) is 4.21. The minimum atomic E-state index is 0. The van der Waals surface area contributed by atoms with Gasteiger partial charge in [-0.2, -0.15) is 0 Å². The number of halogens is 2. The molecule has 6 heteroatoms. The van der Waals surface area contributed by atoms with Gasteiger partial charge in [-0.3, -0.25) is 4.90 Å². The number of hydrogen-bond donors (Lipinski definition) is 1. The maximum Gasteiger partial charge on any atom is 0.0928 e. The van der Waals surface area contributed by atoms with Gasteiger partial charge in [0.15, 0.2) is 0 Å². The summed E-state index contributed by atoms with van der Waals surface area (Å²) in [6, 6.07) is 0.710. The van der Waals surface area contributed by atoms with Gasteiger partial charge in [0.1, 0.15) is 0 Å². The number of hydrogen-bond acceptors (Lipinski definition) is 4. The molecule has 0 aromatic carbocycles. The minimum Gasteiger partial charge on any atom is -0.314 e. The molecule has 0 radical (unpaired) electrons. The van der Waals surface area contributed by atoms with Crippen LogP contribution in [0, 0.1) is 0 Å². The van der Waals surface area contributed by atoms with Gasteiger partial charge >= 0.3 is 0 Å². The Hall–Kier alpha value is 0.130. The molecule has 0 spiro atoms. The van der Waals surface area contributed by atoms with Crippen molar-refractivity contribution in [2.45, 2.75) is 32.4 Å². The third kappa shape index (κ3) is 4.72. The van der Waals surface area contributed by atoms with Crippen LogP contribution in [-0.4, -0.2) is 36.1 Å². The molecule has 2 heterocycles. The number of nitrogens with one attached hydrogen (secondary N) is 1. The van der Waals surface area contributed by atoms with Crippen molar-refractivity contribution in [2.24, 2.45) is 0 Å². The van der Waals surface area contributed by atoms with E-state index in [-0.39, 0.29) is 24.8 Å². The summed E-state index contributed by atoms with van der Waals surface area (Å²) in [7, 11) is 2.18. The molecule has 1 aliphatic heterocycles. The first-order valence-corrected chi connectivity index (χ1v) is 6.51. The largest absolute Gasteiger partial charge is 0.314 e. The highest BCUT2D eigenvalue weighted by Gasteiger charge is 2.21. The van der Waals surface area contributed by atoms with Crippen molar-refractivity contribution < 1.29 is 0 Å². The molecular formula is C11H21Cl2N3S. The lowest BCUT2D eigenvalue weighted by Gasteiger charge is -2.35. The summed E-state index contributed by atoms with van der Waals surface area (Å²) in [5.41, 5.74) is 1.23. The van der Waals surface area contributed by atoms with Crippen LogP contribution in [0.5, 0.6) is 0 Å². The van der Waals surface area contributed by atoms with Crippen LogP contribution in [0.2, 0.25) is 0 Å². The third-order valence-corrected chi connectivity index (χ3v) is 3.82. The Labute approximate surface area is 120 Å². The highest BCUT2D eigenvalue weighted by atomic mass is 35.5. The summed E-state index contributed by atoms with van der Waals surface area (Å²) in [6.07, 6.45) is 2.31. The van der Waals surface area contributed by atoms with Crippen LogP contribution >= 0.6 is 36.2 Å². The minimum absolute atomic E-state index is 0. The highest BCUT2D eigenvalue weighted by Crippen LogP contribution is 2.14. The van der Waals surface area contributed by atoms with E-state index in [4.69, 9.17) is 0 Å². The van der Waals surface area contributed by atoms with Crippen molar-refractivity contribution in [3.63, 3.8) is 0 Å². The second-order valence-corrected chi connectivity index (χ2v) is 5.15. The summed E-state index contributed by atoms with van der Waals surface area (Å²) >= 11 is 1.80. The number of likely N-dealkylation sites (N-methyl/N-ethyl adjacent to an activating group) is 1. The summed E-state index contributed by atoms with van der Waals surface area (Å²) in [5, 5.41) is 6.78. The average molecular weight is 298 g/mol. The highest BCUT2D eigenvalue weighted by molar-refractivity contribution is 7.09. The van der Waals surface area contributed by atoms with Crippen molar-refractivity contribution in [1.82, 2.24) is 15.2 Å². The van der Waals surface area contributed by atoms with Crippen molar-refractivity contribution >= 4 is 36.2 Å². The summed E-state index contributed by atoms with van der Waals surface area (Å²) < 4.78 is 0. The van der Waals surface area contributed by atoms with Gasteiger partial charge in [0, 0.05) is 31.1 Å². The lowest BCUT2D eigenvalue weighted by Crippen LogP contribution is -2.55. The molecule has 17 heavy (non-hydrogen) atoms. The maximum absolute atomic E-state index is 4.64. The van der Waals surface area contributed by atoms with Crippen LogP contribution in [0.15, 0.2) is 5.38 Å². The fourth-order valence-corrected chi connectivity index (χ4v) is 2.61. The fraction of sp³-hybridized carbons (Fsp3) is 0.727. The Morgan fingerprint density at radius 2 is 2.18 bits per heavy atom. The van der Waals surface area contributed by atoms with E-state index in [0.717, 1.165) is 26.1 Å². The molecule has 1 aromatic rings. The first kappa shape index (κ1) is 17.1. The van der Waals surface area contributed by atoms with Gasteiger partial charge in [-0.05, 0) is 19.9 Å². The van der Waals surface area contributed by atoms with Crippen LogP contribution in [0.1, 0.15) is 24.0 Å². The summed E-state index contributed by atoms with van der Waals surface area (Å²) in [5.74, 6) is 0. The molecule has 0 saturated carbocycles. The molecule has 0 bridgehead atoms. The van der Waals surface area contributed by atoms with E-state index in [9.17, 15) is 0 Å². The molecule has 0 atom stereocenters. The average Bonchev–Trinajstić information content (AvgIpc) is 2.49. The lowest BCUT2D eigenvalue weighted by molar-refractivity contribution is 0.171. The van der Waals surface area contributed by atoms with Crippen LogP contribution in [0.4, 0.5) is 0 Å². The van der Waals surface area contributed by atoms with E-state index in [1.165, 1.54) is 17.1 Å². The van der Waals surface area contributed by atoms with Gasteiger partial charge in [0.25, 0.3) is 0 Å². The zero-order chi connectivity index (χ0) is 10.7. The number of aryl methyl sites for hydroxylation is 1. The molecule has 0 unspecified atom stereocenters. The Bertz CT molecular complexity index is 315. The zero-order valence-corrected chi connectivity index (χ0v) is 12.8. The summed E-state index contributed by atoms with van der Waals surface area (Å²) in [4.78, 5) is 7.03. The smallest absolute Gasteiger partial charge is 0.0928 e. The van der Waals surface area contributed by atoms with E-state index >= 15 is 0 Å². The van der Waals surface area contributed by atoms with E-state index in [2.05, 4.69) is 34.6 Å². The van der Waals surface area contributed by atoms with Crippen molar-refractivity contribution in [2.75, 3.05) is 20.1 Å². The van der Waals surface area contributed by atoms with E-state index < -0.39 is 0 Å². The number of aromatic nitrogens is 1. The van der Waals surface area contributed by atoms with Crippen LogP contribution in [0.3, 0.4) is 0 Å². The zero-order valence-electron chi connectivity index (χ0n) is 10.3. The van der Waals surface area contributed by atoms with Gasteiger partial charge in [-0.25, -0.2) is 4.98 Å². The molecule has 1 fully saturated rings. The quantitative estimate of drug-likeness (QED) is 0.904. The topological polar surface area (TPSA) is 28.2 Å².